The molecule has 1 aromatic heterocycles. The van der Waals surface area contributed by atoms with E-state index >= 15 is 0 Å². The van der Waals surface area contributed by atoms with E-state index in [4.69, 9.17) is 28.9 Å². The smallest absolute Gasteiger partial charge is 0.131 e. The Balaban J connectivity index is 2.32. The molecule has 0 unspecified atom stereocenters. The fourth-order valence-corrected chi connectivity index (χ4v) is 2.34. The summed E-state index contributed by atoms with van der Waals surface area (Å²) < 4.78 is 0. The predicted molar refractivity (Wildman–Crippen MR) is 58.8 cm³/mol. The van der Waals surface area contributed by atoms with Crippen LogP contribution in [0.2, 0.25) is 10.3 Å². The largest absolute Gasteiger partial charge is 0.330 e. The SMILES string of the molecule is NCCC1(c2cc(Cl)nc(Cl)c2)CC1. The lowest BCUT2D eigenvalue weighted by Crippen LogP contribution is -2.13. The van der Waals surface area contributed by atoms with Crippen molar-refractivity contribution in [1.29, 1.82) is 0 Å². The van der Waals surface area contributed by atoms with Crippen LogP contribution in [0, 0.1) is 0 Å². The Morgan fingerprint density at radius 3 is 2.29 bits per heavy atom. The molecule has 0 atom stereocenters. The molecule has 1 aromatic rings. The Morgan fingerprint density at radius 2 is 1.86 bits per heavy atom. The number of nitrogens with two attached hydrogens (primary N) is 1. The van der Waals surface area contributed by atoms with Gasteiger partial charge in [0.1, 0.15) is 10.3 Å². The molecule has 0 aromatic carbocycles. The van der Waals surface area contributed by atoms with Gasteiger partial charge >= 0.3 is 0 Å². The van der Waals surface area contributed by atoms with E-state index in [0.717, 1.165) is 6.42 Å². The summed E-state index contributed by atoms with van der Waals surface area (Å²) in [6.45, 7) is 0.706. The highest BCUT2D eigenvalue weighted by molar-refractivity contribution is 6.32. The molecule has 2 nitrogen and oxygen atoms in total. The topological polar surface area (TPSA) is 38.9 Å². The van der Waals surface area contributed by atoms with Gasteiger partial charge in [-0.2, -0.15) is 0 Å². The maximum absolute atomic E-state index is 5.86. The van der Waals surface area contributed by atoms with Gasteiger partial charge in [-0.25, -0.2) is 4.98 Å². The van der Waals surface area contributed by atoms with Crippen molar-refractivity contribution < 1.29 is 0 Å². The maximum Gasteiger partial charge on any atom is 0.131 e. The number of aromatic nitrogens is 1. The Kier molecular flexibility index (Phi) is 2.69. The fourth-order valence-electron chi connectivity index (χ4n) is 1.88. The van der Waals surface area contributed by atoms with Crippen LogP contribution >= 0.6 is 23.2 Å². The second kappa shape index (κ2) is 3.69. The quantitative estimate of drug-likeness (QED) is 0.812. The molecule has 0 spiro atoms. The molecule has 4 heteroatoms. The van der Waals surface area contributed by atoms with E-state index in [0.29, 0.717) is 16.9 Å². The minimum Gasteiger partial charge on any atom is -0.330 e. The van der Waals surface area contributed by atoms with Crippen molar-refractivity contribution in [3.63, 3.8) is 0 Å². The zero-order valence-corrected chi connectivity index (χ0v) is 9.28. The van der Waals surface area contributed by atoms with E-state index in [1.165, 1.54) is 18.4 Å². The third kappa shape index (κ3) is 1.88. The molecular formula is C10H12Cl2N2. The molecule has 76 valence electrons. The Morgan fingerprint density at radius 1 is 1.29 bits per heavy atom. The summed E-state index contributed by atoms with van der Waals surface area (Å²) in [5, 5.41) is 0.937. The van der Waals surface area contributed by atoms with Crippen LogP contribution in [0.25, 0.3) is 0 Å². The molecule has 0 saturated heterocycles. The number of halogens is 2. The summed E-state index contributed by atoms with van der Waals surface area (Å²) >= 11 is 11.7. The number of pyridine rings is 1. The van der Waals surface area contributed by atoms with Crippen LogP contribution in [0.4, 0.5) is 0 Å². The highest BCUT2D eigenvalue weighted by Crippen LogP contribution is 2.51. The van der Waals surface area contributed by atoms with E-state index in [2.05, 4.69) is 4.98 Å². The number of nitrogens with zero attached hydrogens (tertiary/aromatic N) is 1. The van der Waals surface area contributed by atoms with Crippen LogP contribution in [-0.2, 0) is 5.41 Å². The van der Waals surface area contributed by atoms with Crippen LogP contribution in [0.15, 0.2) is 12.1 Å². The molecular weight excluding hydrogens is 219 g/mol. The van der Waals surface area contributed by atoms with Crippen molar-refractivity contribution >= 4 is 23.2 Å². The number of rotatable bonds is 3. The monoisotopic (exact) mass is 230 g/mol. The maximum atomic E-state index is 5.86. The summed E-state index contributed by atoms with van der Waals surface area (Å²) in [6, 6.07) is 3.80. The fraction of sp³-hybridized carbons (Fsp3) is 0.500. The Labute approximate surface area is 93.4 Å². The predicted octanol–water partition coefficient (Wildman–Crippen LogP) is 2.77. The summed E-state index contributed by atoms with van der Waals surface area (Å²) in [5.41, 5.74) is 7.02. The van der Waals surface area contributed by atoms with Crippen molar-refractivity contribution in [2.45, 2.75) is 24.7 Å². The highest BCUT2D eigenvalue weighted by atomic mass is 35.5. The van der Waals surface area contributed by atoms with Crippen molar-refractivity contribution in [3.8, 4) is 0 Å². The first kappa shape index (κ1) is 10.2. The minimum atomic E-state index is 0.241. The van der Waals surface area contributed by atoms with Crippen LogP contribution in [-0.4, -0.2) is 11.5 Å². The summed E-state index contributed by atoms with van der Waals surface area (Å²) in [5.74, 6) is 0. The molecule has 2 N–H and O–H groups in total. The molecule has 14 heavy (non-hydrogen) atoms. The standard InChI is InChI=1S/C10H12Cl2N2/c11-8-5-7(6-9(12)14-8)10(1-2-10)3-4-13/h5-6H,1-4,13H2. The van der Waals surface area contributed by atoms with Crippen LogP contribution in [0.3, 0.4) is 0 Å². The van der Waals surface area contributed by atoms with Crippen molar-refractivity contribution in [2.75, 3.05) is 6.54 Å². The third-order valence-corrected chi connectivity index (χ3v) is 3.24. The van der Waals surface area contributed by atoms with Gasteiger partial charge in [0, 0.05) is 0 Å². The molecule has 2 rings (SSSR count). The Hall–Kier alpha value is -0.310. The van der Waals surface area contributed by atoms with Gasteiger partial charge in [0.15, 0.2) is 0 Å². The molecule has 1 aliphatic rings. The van der Waals surface area contributed by atoms with Crippen molar-refractivity contribution in [1.82, 2.24) is 4.98 Å². The van der Waals surface area contributed by atoms with Gasteiger partial charge in [-0.15, -0.1) is 0 Å². The first-order valence-corrected chi connectivity index (χ1v) is 5.45. The molecule has 1 heterocycles. The van der Waals surface area contributed by atoms with E-state index in [9.17, 15) is 0 Å². The first-order valence-electron chi connectivity index (χ1n) is 4.70. The second-order valence-electron chi connectivity index (χ2n) is 3.82. The summed E-state index contributed by atoms with van der Waals surface area (Å²) in [4.78, 5) is 3.94. The van der Waals surface area contributed by atoms with E-state index in [1.54, 1.807) is 0 Å². The highest BCUT2D eigenvalue weighted by Gasteiger charge is 2.43. The van der Waals surface area contributed by atoms with Gasteiger partial charge in [0.25, 0.3) is 0 Å². The van der Waals surface area contributed by atoms with Gasteiger partial charge in [-0.3, -0.25) is 0 Å². The number of hydrogen-bond acceptors (Lipinski definition) is 2. The second-order valence-corrected chi connectivity index (χ2v) is 4.59. The molecule has 1 saturated carbocycles. The van der Waals surface area contributed by atoms with E-state index < -0.39 is 0 Å². The van der Waals surface area contributed by atoms with Crippen molar-refractivity contribution in [3.05, 3.63) is 28.0 Å². The summed E-state index contributed by atoms with van der Waals surface area (Å²) in [7, 11) is 0. The van der Waals surface area contributed by atoms with Gasteiger partial charge in [-0.05, 0) is 48.9 Å². The van der Waals surface area contributed by atoms with Gasteiger partial charge in [0.05, 0.1) is 0 Å². The lowest BCUT2D eigenvalue weighted by atomic mass is 9.93. The van der Waals surface area contributed by atoms with Gasteiger partial charge < -0.3 is 5.73 Å². The zero-order valence-electron chi connectivity index (χ0n) is 7.76. The van der Waals surface area contributed by atoms with Crippen molar-refractivity contribution in [2.24, 2.45) is 5.73 Å². The average Bonchev–Trinajstić information content (AvgIpc) is 2.84. The van der Waals surface area contributed by atoms with Gasteiger partial charge in [0.2, 0.25) is 0 Å². The molecule has 0 amide bonds. The van der Waals surface area contributed by atoms with Crippen LogP contribution in [0.5, 0.6) is 0 Å². The van der Waals surface area contributed by atoms with E-state index in [-0.39, 0.29) is 5.41 Å². The normalized spacial score (nSPS) is 18.2. The number of hydrogen-bond donors (Lipinski definition) is 1. The molecule has 0 bridgehead atoms. The molecule has 0 aliphatic heterocycles. The van der Waals surface area contributed by atoms with Gasteiger partial charge in [-0.1, -0.05) is 23.2 Å². The molecule has 1 aliphatic carbocycles. The third-order valence-electron chi connectivity index (χ3n) is 2.85. The first-order chi connectivity index (χ1) is 6.66. The molecule has 0 radical (unpaired) electrons. The van der Waals surface area contributed by atoms with Crippen LogP contribution in [0.1, 0.15) is 24.8 Å². The summed E-state index contributed by atoms with van der Waals surface area (Å²) in [6.07, 6.45) is 3.37. The molecule has 1 fully saturated rings. The average molecular weight is 231 g/mol. The lowest BCUT2D eigenvalue weighted by Gasteiger charge is -2.14. The van der Waals surface area contributed by atoms with Crippen LogP contribution < -0.4 is 5.73 Å². The van der Waals surface area contributed by atoms with E-state index in [1.807, 2.05) is 12.1 Å². The Bertz CT molecular complexity index is 328. The minimum absolute atomic E-state index is 0.241. The lowest BCUT2D eigenvalue weighted by molar-refractivity contribution is 0.628. The zero-order chi connectivity index (χ0) is 10.2.